The maximum atomic E-state index is 13.2. The van der Waals surface area contributed by atoms with E-state index >= 15 is 0 Å². The van der Waals surface area contributed by atoms with Gasteiger partial charge in [-0.1, -0.05) is 30.3 Å². The molecule has 0 bridgehead atoms. The van der Waals surface area contributed by atoms with E-state index in [0.29, 0.717) is 5.92 Å². The van der Waals surface area contributed by atoms with Crippen LogP contribution in [0.5, 0.6) is 17.2 Å². The number of aliphatic hydroxyl groups excluding tert-OH is 3. The van der Waals surface area contributed by atoms with E-state index in [0.717, 1.165) is 32.4 Å². The molecule has 3 aliphatic rings. The van der Waals surface area contributed by atoms with E-state index in [-0.39, 0.29) is 34.7 Å². The van der Waals surface area contributed by atoms with E-state index in [1.54, 1.807) is 0 Å². The number of phenolic OH excluding ortho intramolecular Hbond substituents is 2. The van der Waals surface area contributed by atoms with Gasteiger partial charge in [0, 0.05) is 17.7 Å². The second-order valence-corrected chi connectivity index (χ2v) is 10.0. The number of methoxy groups -OCH3 is 1. The van der Waals surface area contributed by atoms with Crippen molar-refractivity contribution in [1.29, 1.82) is 0 Å². The van der Waals surface area contributed by atoms with Crippen molar-refractivity contribution in [2.24, 2.45) is 5.92 Å². The van der Waals surface area contributed by atoms with Crippen molar-refractivity contribution >= 4 is 5.97 Å². The first-order chi connectivity index (χ1) is 17.8. The van der Waals surface area contributed by atoms with Crippen LogP contribution in [0.25, 0.3) is 0 Å². The Balaban J connectivity index is 1.43. The average molecular weight is 516 g/mol. The lowest BCUT2D eigenvalue weighted by Gasteiger charge is -2.45. The molecule has 3 aliphatic heterocycles. The third-order valence-corrected chi connectivity index (χ3v) is 7.80. The molecule has 10 heteroatoms. The molecule has 0 radical (unpaired) electrons. The fourth-order valence-corrected chi connectivity index (χ4v) is 5.79. The maximum absolute atomic E-state index is 13.2. The standard InChI is InChI=1S/C27H33NO9/c1-35-25-20(30)16(12-28-9-7-15(8-10-28)11-14-5-3-2-4-6-14)18-19(22(25)32)24-26(37-27(18)34)23(33)21(31)17(13-29)36-24/h2-6,15,17,21,23-24,26,29-33H,7-13H2,1H3/t17-,21-,23+,24+,26+/m1/s1. The molecule has 2 aromatic carbocycles. The normalized spacial score (nSPS) is 28.3. The molecule has 0 aliphatic carbocycles. The number of rotatable bonds is 6. The third-order valence-electron chi connectivity index (χ3n) is 7.80. The number of carbonyl (C=O) groups excluding carboxylic acids is 1. The summed E-state index contributed by atoms with van der Waals surface area (Å²) in [5.74, 6) is -1.41. The summed E-state index contributed by atoms with van der Waals surface area (Å²) in [6.45, 7) is 1.13. The molecule has 37 heavy (non-hydrogen) atoms. The van der Waals surface area contributed by atoms with Crippen molar-refractivity contribution in [3.05, 3.63) is 52.6 Å². The minimum Gasteiger partial charge on any atom is -0.504 e. The number of fused-ring (bicyclic) bond motifs is 3. The Hall–Kier alpha value is -2.89. The van der Waals surface area contributed by atoms with Crippen LogP contribution < -0.4 is 4.74 Å². The molecule has 5 rings (SSSR count). The number of piperidine rings is 1. The van der Waals surface area contributed by atoms with Crippen LogP contribution >= 0.6 is 0 Å². The Morgan fingerprint density at radius 3 is 2.41 bits per heavy atom. The van der Waals surface area contributed by atoms with Gasteiger partial charge in [-0.3, -0.25) is 4.90 Å². The first kappa shape index (κ1) is 25.7. The van der Waals surface area contributed by atoms with E-state index in [1.165, 1.54) is 12.7 Å². The molecule has 2 aromatic rings. The zero-order chi connectivity index (χ0) is 26.3. The highest BCUT2D eigenvalue weighted by Gasteiger charge is 2.53. The molecule has 5 N–H and O–H groups in total. The van der Waals surface area contributed by atoms with Gasteiger partial charge >= 0.3 is 5.97 Å². The Bertz CT molecular complexity index is 1130. The number of aliphatic hydroxyl groups is 3. The van der Waals surface area contributed by atoms with Crippen molar-refractivity contribution in [3.8, 4) is 17.2 Å². The van der Waals surface area contributed by atoms with Crippen LogP contribution in [0, 0.1) is 5.92 Å². The topological polar surface area (TPSA) is 149 Å². The van der Waals surface area contributed by atoms with Gasteiger partial charge in [0.05, 0.1) is 19.3 Å². The summed E-state index contributed by atoms with van der Waals surface area (Å²) in [4.78, 5) is 15.3. The van der Waals surface area contributed by atoms with Crippen molar-refractivity contribution in [1.82, 2.24) is 4.90 Å². The van der Waals surface area contributed by atoms with Gasteiger partial charge < -0.3 is 39.7 Å². The van der Waals surface area contributed by atoms with Crippen LogP contribution in [0.2, 0.25) is 0 Å². The molecule has 5 atom stereocenters. The number of esters is 1. The van der Waals surface area contributed by atoms with E-state index in [4.69, 9.17) is 14.2 Å². The number of hydrogen-bond donors (Lipinski definition) is 5. The average Bonchev–Trinajstić information content (AvgIpc) is 2.90. The van der Waals surface area contributed by atoms with E-state index in [9.17, 15) is 30.3 Å². The molecular formula is C27H33NO9. The minimum atomic E-state index is -1.54. The van der Waals surface area contributed by atoms with Crippen molar-refractivity contribution in [2.45, 2.75) is 56.3 Å². The monoisotopic (exact) mass is 515 g/mol. The van der Waals surface area contributed by atoms with Gasteiger partial charge in [-0.05, 0) is 43.8 Å². The summed E-state index contributed by atoms with van der Waals surface area (Å²) >= 11 is 0. The lowest BCUT2D eigenvalue weighted by atomic mass is 9.83. The van der Waals surface area contributed by atoms with Gasteiger partial charge in [-0.2, -0.15) is 0 Å². The number of aromatic hydroxyl groups is 2. The number of benzene rings is 2. The lowest BCUT2D eigenvalue weighted by molar-refractivity contribution is -0.235. The molecule has 200 valence electrons. The van der Waals surface area contributed by atoms with E-state index < -0.39 is 48.8 Å². The number of nitrogens with zero attached hydrogens (tertiary/aromatic N) is 1. The number of ether oxygens (including phenoxy) is 3. The molecule has 0 saturated carbocycles. The van der Waals surface area contributed by atoms with Crippen LogP contribution in [0.3, 0.4) is 0 Å². The van der Waals surface area contributed by atoms with E-state index in [2.05, 4.69) is 17.0 Å². The van der Waals surface area contributed by atoms with Crippen LogP contribution in [-0.4, -0.2) is 87.6 Å². The fourth-order valence-electron chi connectivity index (χ4n) is 5.79. The van der Waals surface area contributed by atoms with Crippen molar-refractivity contribution in [2.75, 3.05) is 26.8 Å². The van der Waals surface area contributed by atoms with Gasteiger partial charge in [-0.25, -0.2) is 4.79 Å². The Morgan fingerprint density at radius 1 is 1.05 bits per heavy atom. The minimum absolute atomic E-state index is 0.00858. The Kier molecular flexibility index (Phi) is 7.28. The number of carbonyl (C=O) groups is 1. The highest BCUT2D eigenvalue weighted by Crippen LogP contribution is 2.52. The van der Waals surface area contributed by atoms with Crippen molar-refractivity contribution < 1.29 is 44.5 Å². The van der Waals surface area contributed by atoms with Crippen LogP contribution in [0.1, 0.15) is 46.0 Å². The highest BCUT2D eigenvalue weighted by molar-refractivity contribution is 5.97. The second kappa shape index (κ2) is 10.5. The highest BCUT2D eigenvalue weighted by atomic mass is 16.6. The maximum Gasteiger partial charge on any atom is 0.339 e. The molecule has 0 unspecified atom stereocenters. The summed E-state index contributed by atoms with van der Waals surface area (Å²) < 4.78 is 16.5. The summed E-state index contributed by atoms with van der Waals surface area (Å²) in [6, 6.07) is 10.3. The van der Waals surface area contributed by atoms with Gasteiger partial charge in [0.25, 0.3) is 0 Å². The Morgan fingerprint density at radius 2 is 1.76 bits per heavy atom. The number of likely N-dealkylation sites (tertiary alicyclic amines) is 1. The third kappa shape index (κ3) is 4.64. The summed E-state index contributed by atoms with van der Waals surface area (Å²) in [5, 5.41) is 52.5. The van der Waals surface area contributed by atoms with Crippen LogP contribution in [-0.2, 0) is 22.4 Å². The molecular weight excluding hydrogens is 482 g/mol. The van der Waals surface area contributed by atoms with Crippen molar-refractivity contribution in [3.63, 3.8) is 0 Å². The zero-order valence-electron chi connectivity index (χ0n) is 20.6. The largest absolute Gasteiger partial charge is 0.504 e. The zero-order valence-corrected chi connectivity index (χ0v) is 20.6. The first-order valence-electron chi connectivity index (χ1n) is 12.6. The summed E-state index contributed by atoms with van der Waals surface area (Å²) in [7, 11) is 1.29. The molecule has 0 aromatic heterocycles. The SMILES string of the molecule is COc1c(O)c(CN2CCC(Cc3ccccc3)CC2)c2c(c1O)[C@@H]1O[C@H](CO)[C@@H](O)[C@H](O)[C@@H]1OC2=O. The summed E-state index contributed by atoms with van der Waals surface area (Å²) in [5.41, 5.74) is 1.49. The van der Waals surface area contributed by atoms with Crippen LogP contribution in [0.4, 0.5) is 0 Å². The molecule has 0 amide bonds. The summed E-state index contributed by atoms with van der Waals surface area (Å²) in [6.07, 6.45) is -3.77. The molecule has 10 nitrogen and oxygen atoms in total. The lowest BCUT2D eigenvalue weighted by Crippen LogP contribution is -2.58. The smallest absolute Gasteiger partial charge is 0.339 e. The van der Waals surface area contributed by atoms with Gasteiger partial charge in [-0.15, -0.1) is 0 Å². The molecule has 2 saturated heterocycles. The van der Waals surface area contributed by atoms with Gasteiger partial charge in [0.1, 0.15) is 24.4 Å². The molecule has 2 fully saturated rings. The Labute approximate surface area is 214 Å². The fraction of sp³-hybridized carbons (Fsp3) is 0.519. The quantitative estimate of drug-likeness (QED) is 0.356. The number of phenols is 2. The van der Waals surface area contributed by atoms with Gasteiger partial charge in [0.15, 0.2) is 17.6 Å². The van der Waals surface area contributed by atoms with Gasteiger partial charge in [0.2, 0.25) is 5.75 Å². The predicted octanol–water partition coefficient (Wildman–Crippen LogP) is 1.25. The number of hydrogen-bond acceptors (Lipinski definition) is 10. The predicted molar refractivity (Wildman–Crippen MR) is 130 cm³/mol. The molecule has 3 heterocycles. The molecule has 0 spiro atoms. The first-order valence-corrected chi connectivity index (χ1v) is 12.6. The van der Waals surface area contributed by atoms with Crippen LogP contribution in [0.15, 0.2) is 30.3 Å². The second-order valence-electron chi connectivity index (χ2n) is 10.0. The van der Waals surface area contributed by atoms with E-state index in [1.807, 2.05) is 18.2 Å².